The summed E-state index contributed by atoms with van der Waals surface area (Å²) in [5.41, 5.74) is 1.57. The Morgan fingerprint density at radius 1 is 1.14 bits per heavy atom. The van der Waals surface area contributed by atoms with Gasteiger partial charge in [0.1, 0.15) is 18.2 Å². The van der Waals surface area contributed by atoms with Gasteiger partial charge in [0.2, 0.25) is 0 Å². The molecule has 0 saturated heterocycles. The van der Waals surface area contributed by atoms with E-state index in [1.165, 1.54) is 12.1 Å². The van der Waals surface area contributed by atoms with Crippen molar-refractivity contribution in [3.05, 3.63) is 64.4 Å². The van der Waals surface area contributed by atoms with Gasteiger partial charge in [-0.3, -0.25) is 0 Å². The number of hydrogen-bond acceptors (Lipinski definition) is 2. The van der Waals surface area contributed by atoms with E-state index in [2.05, 4.69) is 11.8 Å². The van der Waals surface area contributed by atoms with Gasteiger partial charge in [-0.05, 0) is 42.0 Å². The molecule has 2 nitrogen and oxygen atoms in total. The molecule has 0 atom stereocenters. The molecule has 0 aliphatic rings. The average Bonchev–Trinajstić information content (AvgIpc) is 2.50. The van der Waals surface area contributed by atoms with Crippen molar-refractivity contribution in [1.29, 1.82) is 0 Å². The van der Waals surface area contributed by atoms with E-state index in [-0.39, 0.29) is 18.2 Å². The summed E-state index contributed by atoms with van der Waals surface area (Å²) in [7, 11) is 0. The van der Waals surface area contributed by atoms with Gasteiger partial charge in [0.25, 0.3) is 0 Å². The van der Waals surface area contributed by atoms with Crippen LogP contribution in [0.25, 0.3) is 0 Å². The molecule has 0 saturated carbocycles. The monoisotopic (exact) mass is 304 g/mol. The number of halogens is 2. The Bertz CT molecular complexity index is 657. The summed E-state index contributed by atoms with van der Waals surface area (Å²) >= 11 is 5.62. The second-order valence-electron chi connectivity index (χ2n) is 4.34. The third kappa shape index (κ3) is 4.78. The van der Waals surface area contributed by atoms with Crippen LogP contribution in [0.3, 0.4) is 0 Å². The van der Waals surface area contributed by atoms with E-state index in [1.807, 2.05) is 12.1 Å². The van der Waals surface area contributed by atoms with Gasteiger partial charge in [0, 0.05) is 12.0 Å². The molecular weight excluding hydrogens is 291 g/mol. The number of rotatable bonds is 4. The molecule has 108 valence electrons. The van der Waals surface area contributed by atoms with Crippen molar-refractivity contribution in [3.63, 3.8) is 0 Å². The minimum absolute atomic E-state index is 0.0614. The van der Waals surface area contributed by atoms with Crippen LogP contribution in [-0.2, 0) is 6.61 Å². The van der Waals surface area contributed by atoms with Crippen molar-refractivity contribution in [2.45, 2.75) is 13.0 Å². The molecule has 0 fully saturated rings. The first-order valence-corrected chi connectivity index (χ1v) is 6.83. The van der Waals surface area contributed by atoms with Crippen LogP contribution in [0.15, 0.2) is 42.5 Å². The number of aliphatic hydroxyl groups is 1. The zero-order valence-electron chi connectivity index (χ0n) is 11.3. The van der Waals surface area contributed by atoms with Crippen molar-refractivity contribution < 1.29 is 14.2 Å². The first kappa shape index (κ1) is 15.4. The lowest BCUT2D eigenvalue weighted by atomic mass is 10.2. The van der Waals surface area contributed by atoms with Crippen LogP contribution < -0.4 is 4.74 Å². The van der Waals surface area contributed by atoms with E-state index in [4.69, 9.17) is 21.4 Å². The summed E-state index contributed by atoms with van der Waals surface area (Å²) < 4.78 is 18.9. The van der Waals surface area contributed by atoms with Gasteiger partial charge in [0.05, 0.1) is 11.6 Å². The fourth-order valence-electron chi connectivity index (χ4n) is 1.65. The van der Waals surface area contributed by atoms with Crippen LogP contribution >= 0.6 is 11.6 Å². The molecule has 0 aromatic heterocycles. The number of benzene rings is 2. The van der Waals surface area contributed by atoms with Crippen molar-refractivity contribution in [3.8, 4) is 17.6 Å². The van der Waals surface area contributed by atoms with Gasteiger partial charge in [-0.1, -0.05) is 29.5 Å². The van der Waals surface area contributed by atoms with E-state index < -0.39 is 5.82 Å². The standard InChI is InChI=1S/C17H14ClFO2/c18-16-9-6-14(11-17(16)19)12-21-15-7-4-13(5-8-15)3-1-2-10-20/h4-9,11,20H,2,10,12H2. The van der Waals surface area contributed by atoms with Crippen LogP contribution in [-0.4, -0.2) is 11.7 Å². The van der Waals surface area contributed by atoms with Crippen LogP contribution in [0.1, 0.15) is 17.5 Å². The fraction of sp³-hybridized carbons (Fsp3) is 0.176. The summed E-state index contributed by atoms with van der Waals surface area (Å²) in [6, 6.07) is 11.9. The molecule has 0 aliphatic carbocycles. The van der Waals surface area contributed by atoms with Crippen LogP contribution in [0, 0.1) is 17.7 Å². The van der Waals surface area contributed by atoms with Gasteiger partial charge in [-0.25, -0.2) is 4.39 Å². The predicted molar refractivity (Wildman–Crippen MR) is 80.8 cm³/mol. The van der Waals surface area contributed by atoms with Crippen LogP contribution in [0.5, 0.6) is 5.75 Å². The minimum atomic E-state index is -0.452. The Kier molecular flexibility index (Phi) is 5.62. The molecule has 4 heteroatoms. The lowest BCUT2D eigenvalue weighted by molar-refractivity contribution is 0.305. The highest BCUT2D eigenvalue weighted by molar-refractivity contribution is 6.30. The Balaban J connectivity index is 1.94. The zero-order chi connectivity index (χ0) is 15.1. The maximum atomic E-state index is 13.3. The third-order valence-corrected chi connectivity index (χ3v) is 3.02. The Hall–Kier alpha value is -2.02. The molecule has 2 aromatic rings. The largest absolute Gasteiger partial charge is 0.489 e. The molecule has 21 heavy (non-hydrogen) atoms. The van der Waals surface area contributed by atoms with E-state index in [0.29, 0.717) is 17.7 Å². The fourth-order valence-corrected chi connectivity index (χ4v) is 1.77. The van der Waals surface area contributed by atoms with Gasteiger partial charge in [-0.15, -0.1) is 0 Å². The van der Waals surface area contributed by atoms with Crippen molar-refractivity contribution in [2.24, 2.45) is 0 Å². The first-order chi connectivity index (χ1) is 10.2. The van der Waals surface area contributed by atoms with E-state index in [0.717, 1.165) is 5.56 Å². The minimum Gasteiger partial charge on any atom is -0.489 e. The van der Waals surface area contributed by atoms with E-state index in [1.54, 1.807) is 18.2 Å². The Morgan fingerprint density at radius 3 is 2.57 bits per heavy atom. The third-order valence-electron chi connectivity index (χ3n) is 2.71. The van der Waals surface area contributed by atoms with Gasteiger partial charge in [-0.2, -0.15) is 0 Å². The Morgan fingerprint density at radius 2 is 1.90 bits per heavy atom. The Labute approximate surface area is 128 Å². The molecule has 0 radical (unpaired) electrons. The van der Waals surface area contributed by atoms with Gasteiger partial charge < -0.3 is 9.84 Å². The molecule has 0 spiro atoms. The second kappa shape index (κ2) is 7.68. The SMILES string of the molecule is OCCC#Cc1ccc(OCc2ccc(Cl)c(F)c2)cc1. The molecule has 2 rings (SSSR count). The topological polar surface area (TPSA) is 29.5 Å². The molecule has 0 aliphatic heterocycles. The average molecular weight is 305 g/mol. The maximum Gasteiger partial charge on any atom is 0.142 e. The lowest BCUT2D eigenvalue weighted by Crippen LogP contribution is -1.96. The molecule has 0 unspecified atom stereocenters. The first-order valence-electron chi connectivity index (χ1n) is 6.45. The smallest absolute Gasteiger partial charge is 0.142 e. The zero-order valence-corrected chi connectivity index (χ0v) is 12.0. The van der Waals surface area contributed by atoms with Crippen molar-refractivity contribution in [1.82, 2.24) is 0 Å². The normalized spacial score (nSPS) is 9.86. The predicted octanol–water partition coefficient (Wildman–Crippen LogP) is 3.79. The lowest BCUT2D eigenvalue weighted by Gasteiger charge is -2.07. The summed E-state index contributed by atoms with van der Waals surface area (Å²) in [5.74, 6) is 6.00. The summed E-state index contributed by atoms with van der Waals surface area (Å²) in [6.45, 7) is 0.329. The highest BCUT2D eigenvalue weighted by atomic mass is 35.5. The summed E-state index contributed by atoms with van der Waals surface area (Å²) in [4.78, 5) is 0. The highest BCUT2D eigenvalue weighted by Crippen LogP contribution is 2.18. The highest BCUT2D eigenvalue weighted by Gasteiger charge is 2.02. The number of ether oxygens (including phenoxy) is 1. The summed E-state index contributed by atoms with van der Waals surface area (Å²) in [6.07, 6.45) is 0.459. The summed E-state index contributed by atoms with van der Waals surface area (Å²) in [5, 5.41) is 8.75. The van der Waals surface area contributed by atoms with Crippen molar-refractivity contribution >= 4 is 11.6 Å². The van der Waals surface area contributed by atoms with Gasteiger partial charge in [0.15, 0.2) is 0 Å². The number of aliphatic hydroxyl groups excluding tert-OH is 1. The molecule has 0 bridgehead atoms. The van der Waals surface area contributed by atoms with E-state index in [9.17, 15) is 4.39 Å². The quantitative estimate of drug-likeness (QED) is 0.871. The molecule has 0 amide bonds. The van der Waals surface area contributed by atoms with Crippen LogP contribution in [0.4, 0.5) is 4.39 Å². The maximum absolute atomic E-state index is 13.3. The molecule has 0 heterocycles. The van der Waals surface area contributed by atoms with Crippen LogP contribution in [0.2, 0.25) is 5.02 Å². The molecule has 2 aromatic carbocycles. The molecule has 1 N–H and O–H groups in total. The van der Waals surface area contributed by atoms with Crippen molar-refractivity contribution in [2.75, 3.05) is 6.61 Å². The number of hydrogen-bond donors (Lipinski definition) is 1. The van der Waals surface area contributed by atoms with Gasteiger partial charge >= 0.3 is 0 Å². The van der Waals surface area contributed by atoms with E-state index >= 15 is 0 Å². The molecular formula is C17H14ClFO2. The second-order valence-corrected chi connectivity index (χ2v) is 4.74.